The molecule has 0 aromatic heterocycles. The lowest BCUT2D eigenvalue weighted by atomic mass is 10.1. The van der Waals surface area contributed by atoms with E-state index in [2.05, 4.69) is 5.32 Å². The van der Waals surface area contributed by atoms with E-state index < -0.39 is 0 Å². The van der Waals surface area contributed by atoms with Crippen LogP contribution in [0.5, 0.6) is 5.75 Å². The second-order valence-electron chi connectivity index (χ2n) is 4.19. The molecule has 18 heavy (non-hydrogen) atoms. The molecule has 4 nitrogen and oxygen atoms in total. The molecule has 0 bridgehead atoms. The summed E-state index contributed by atoms with van der Waals surface area (Å²) in [7, 11) is 0. The number of carbonyl (C=O) groups excluding carboxylic acids is 1. The third-order valence-corrected chi connectivity index (χ3v) is 2.89. The van der Waals surface area contributed by atoms with Crippen molar-refractivity contribution in [3.63, 3.8) is 0 Å². The number of rotatable bonds is 4. The van der Waals surface area contributed by atoms with Gasteiger partial charge in [-0.15, -0.1) is 0 Å². The summed E-state index contributed by atoms with van der Waals surface area (Å²) in [6.45, 7) is 3.39. The summed E-state index contributed by atoms with van der Waals surface area (Å²) in [6, 6.07) is 3.58. The van der Waals surface area contributed by atoms with Crippen LogP contribution in [0.3, 0.4) is 0 Å². The van der Waals surface area contributed by atoms with Crippen molar-refractivity contribution in [1.82, 2.24) is 5.32 Å². The Morgan fingerprint density at radius 1 is 1.50 bits per heavy atom. The summed E-state index contributed by atoms with van der Waals surface area (Å²) in [6.07, 6.45) is 1.20. The molecule has 1 aliphatic heterocycles. The Hall–Kier alpha value is -1.26. The fourth-order valence-electron chi connectivity index (χ4n) is 1.89. The van der Waals surface area contributed by atoms with Gasteiger partial charge in [0.15, 0.2) is 6.79 Å². The zero-order valence-corrected chi connectivity index (χ0v) is 11.0. The van der Waals surface area contributed by atoms with Crippen LogP contribution in [0.4, 0.5) is 0 Å². The molecule has 0 unspecified atom stereocenters. The Kier molecular flexibility index (Phi) is 4.44. The standard InChI is InChI=1S/C13H16ClNO3/c1-2-3-15-12(16)6-9-4-11(14)5-10-7-17-8-18-13(9)10/h4-5H,2-3,6-8H2,1H3,(H,15,16). The molecule has 1 aliphatic rings. The monoisotopic (exact) mass is 269 g/mol. The Balaban J connectivity index is 2.16. The summed E-state index contributed by atoms with van der Waals surface area (Å²) in [5.74, 6) is 0.716. The van der Waals surface area contributed by atoms with Gasteiger partial charge in [-0.05, 0) is 18.6 Å². The first-order valence-electron chi connectivity index (χ1n) is 5.99. The van der Waals surface area contributed by atoms with E-state index in [1.807, 2.05) is 13.0 Å². The molecule has 0 spiro atoms. The fraction of sp³-hybridized carbons (Fsp3) is 0.462. The number of nitrogens with one attached hydrogen (secondary N) is 1. The normalized spacial score (nSPS) is 13.7. The Labute approximate surface area is 111 Å². The molecular formula is C13H16ClNO3. The molecule has 1 aromatic carbocycles. The molecule has 1 aromatic rings. The van der Waals surface area contributed by atoms with Gasteiger partial charge in [0.1, 0.15) is 5.75 Å². The van der Waals surface area contributed by atoms with Crippen LogP contribution in [0.25, 0.3) is 0 Å². The molecule has 0 atom stereocenters. The molecular weight excluding hydrogens is 254 g/mol. The lowest BCUT2D eigenvalue weighted by Crippen LogP contribution is -2.26. The highest BCUT2D eigenvalue weighted by molar-refractivity contribution is 6.30. The molecule has 0 fully saturated rings. The van der Waals surface area contributed by atoms with Crippen LogP contribution in [0.2, 0.25) is 5.02 Å². The third-order valence-electron chi connectivity index (χ3n) is 2.67. The quantitative estimate of drug-likeness (QED) is 0.912. The number of hydrogen-bond acceptors (Lipinski definition) is 3. The summed E-state index contributed by atoms with van der Waals surface area (Å²) in [5, 5.41) is 3.44. The van der Waals surface area contributed by atoms with Crippen LogP contribution in [0, 0.1) is 0 Å². The van der Waals surface area contributed by atoms with Gasteiger partial charge in [-0.3, -0.25) is 4.79 Å². The summed E-state index contributed by atoms with van der Waals surface area (Å²) >= 11 is 6.03. The lowest BCUT2D eigenvalue weighted by Gasteiger charge is -2.21. The minimum atomic E-state index is -0.0172. The second-order valence-corrected chi connectivity index (χ2v) is 4.63. The second kappa shape index (κ2) is 6.07. The number of fused-ring (bicyclic) bond motifs is 1. The minimum absolute atomic E-state index is 0.0172. The van der Waals surface area contributed by atoms with Crippen molar-refractivity contribution in [2.24, 2.45) is 0 Å². The van der Waals surface area contributed by atoms with E-state index in [-0.39, 0.29) is 19.1 Å². The number of carbonyl (C=O) groups is 1. The number of hydrogen-bond donors (Lipinski definition) is 1. The van der Waals surface area contributed by atoms with Gasteiger partial charge in [0, 0.05) is 22.7 Å². The molecule has 98 valence electrons. The largest absolute Gasteiger partial charge is 0.467 e. The lowest BCUT2D eigenvalue weighted by molar-refractivity contribution is -0.120. The highest BCUT2D eigenvalue weighted by Gasteiger charge is 2.18. The van der Waals surface area contributed by atoms with Gasteiger partial charge in [-0.25, -0.2) is 0 Å². The molecule has 1 N–H and O–H groups in total. The van der Waals surface area contributed by atoms with Crippen LogP contribution < -0.4 is 10.1 Å². The minimum Gasteiger partial charge on any atom is -0.467 e. The van der Waals surface area contributed by atoms with Gasteiger partial charge in [-0.1, -0.05) is 18.5 Å². The first-order valence-corrected chi connectivity index (χ1v) is 6.37. The van der Waals surface area contributed by atoms with Crippen molar-refractivity contribution in [1.29, 1.82) is 0 Å². The van der Waals surface area contributed by atoms with Crippen molar-refractivity contribution in [3.8, 4) is 5.75 Å². The van der Waals surface area contributed by atoms with Crippen LogP contribution in [-0.2, 0) is 22.6 Å². The predicted molar refractivity (Wildman–Crippen MR) is 68.7 cm³/mol. The van der Waals surface area contributed by atoms with Crippen molar-refractivity contribution in [3.05, 3.63) is 28.3 Å². The van der Waals surface area contributed by atoms with E-state index >= 15 is 0 Å². The molecule has 0 saturated heterocycles. The summed E-state index contributed by atoms with van der Waals surface area (Å²) < 4.78 is 10.6. The van der Waals surface area contributed by atoms with Crippen molar-refractivity contribution in [2.45, 2.75) is 26.4 Å². The van der Waals surface area contributed by atoms with Crippen LogP contribution in [0.15, 0.2) is 12.1 Å². The van der Waals surface area contributed by atoms with Gasteiger partial charge in [0.2, 0.25) is 5.91 Å². The van der Waals surface area contributed by atoms with Crippen molar-refractivity contribution in [2.75, 3.05) is 13.3 Å². The molecule has 0 saturated carbocycles. The van der Waals surface area contributed by atoms with Crippen LogP contribution >= 0.6 is 11.6 Å². The number of amides is 1. The fourth-order valence-corrected chi connectivity index (χ4v) is 2.15. The summed E-state index contributed by atoms with van der Waals surface area (Å²) in [5.41, 5.74) is 1.71. The van der Waals surface area contributed by atoms with Crippen LogP contribution in [0.1, 0.15) is 24.5 Å². The Morgan fingerprint density at radius 2 is 2.33 bits per heavy atom. The van der Waals surface area contributed by atoms with E-state index in [1.54, 1.807) is 6.07 Å². The van der Waals surface area contributed by atoms with Gasteiger partial charge in [-0.2, -0.15) is 0 Å². The van der Waals surface area contributed by atoms with Gasteiger partial charge in [0.25, 0.3) is 0 Å². The zero-order valence-electron chi connectivity index (χ0n) is 10.3. The van der Waals surface area contributed by atoms with E-state index in [9.17, 15) is 4.79 Å². The highest BCUT2D eigenvalue weighted by atomic mass is 35.5. The molecule has 0 radical (unpaired) electrons. The smallest absolute Gasteiger partial charge is 0.224 e. The average Bonchev–Trinajstić information content (AvgIpc) is 2.36. The maximum absolute atomic E-state index is 11.7. The maximum Gasteiger partial charge on any atom is 0.224 e. The van der Waals surface area contributed by atoms with Gasteiger partial charge >= 0.3 is 0 Å². The first kappa shape index (κ1) is 13.2. The Morgan fingerprint density at radius 3 is 3.11 bits per heavy atom. The summed E-state index contributed by atoms with van der Waals surface area (Å²) in [4.78, 5) is 11.7. The maximum atomic E-state index is 11.7. The average molecular weight is 270 g/mol. The van der Waals surface area contributed by atoms with E-state index in [1.165, 1.54) is 0 Å². The Bertz CT molecular complexity index is 448. The number of halogens is 1. The number of benzene rings is 1. The molecule has 1 heterocycles. The van der Waals surface area contributed by atoms with Crippen molar-refractivity contribution >= 4 is 17.5 Å². The third kappa shape index (κ3) is 3.15. The number of ether oxygens (including phenoxy) is 2. The van der Waals surface area contributed by atoms with Crippen molar-refractivity contribution < 1.29 is 14.3 Å². The molecule has 2 rings (SSSR count). The van der Waals surface area contributed by atoms with E-state index in [4.69, 9.17) is 21.1 Å². The zero-order chi connectivity index (χ0) is 13.0. The van der Waals surface area contributed by atoms with Gasteiger partial charge in [0.05, 0.1) is 13.0 Å². The van der Waals surface area contributed by atoms with E-state index in [0.29, 0.717) is 18.2 Å². The molecule has 1 amide bonds. The van der Waals surface area contributed by atoms with E-state index in [0.717, 1.165) is 23.3 Å². The van der Waals surface area contributed by atoms with Gasteiger partial charge < -0.3 is 14.8 Å². The van der Waals surface area contributed by atoms with Crippen LogP contribution in [-0.4, -0.2) is 19.2 Å². The topological polar surface area (TPSA) is 47.6 Å². The SMILES string of the molecule is CCCNC(=O)Cc1cc(Cl)cc2c1OCOC2. The predicted octanol–water partition coefficient (Wildman–Crippen LogP) is 2.28. The highest BCUT2D eigenvalue weighted by Crippen LogP contribution is 2.31. The molecule has 0 aliphatic carbocycles. The molecule has 5 heteroatoms. The first-order chi connectivity index (χ1) is 8.70.